The van der Waals surface area contributed by atoms with Crippen molar-refractivity contribution in [2.45, 2.75) is 12.5 Å². The van der Waals surface area contributed by atoms with E-state index in [0.29, 0.717) is 18.1 Å². The standard InChI is InChI=1S/C13H13ClN2OS/c1-13(17)7-16(8-13)12-11(14)9(4-5-15-12)10-3-2-6-18-10/h2-6,17H,7-8H2,1H3. The van der Waals surface area contributed by atoms with Gasteiger partial charge in [-0.2, -0.15) is 0 Å². The average Bonchev–Trinajstić information content (AvgIpc) is 2.79. The highest BCUT2D eigenvalue weighted by molar-refractivity contribution is 7.13. The van der Waals surface area contributed by atoms with Crippen LogP contribution in [-0.4, -0.2) is 28.8 Å². The maximum atomic E-state index is 9.78. The Hall–Kier alpha value is -1.10. The second kappa shape index (κ2) is 4.23. The Morgan fingerprint density at radius 3 is 2.83 bits per heavy atom. The summed E-state index contributed by atoms with van der Waals surface area (Å²) in [5, 5.41) is 12.5. The molecule has 2 aromatic rings. The molecule has 1 fully saturated rings. The van der Waals surface area contributed by atoms with E-state index in [1.54, 1.807) is 17.5 Å². The molecule has 1 N–H and O–H groups in total. The highest BCUT2D eigenvalue weighted by Gasteiger charge is 2.38. The first kappa shape index (κ1) is 12.0. The first-order chi connectivity index (χ1) is 8.57. The first-order valence-electron chi connectivity index (χ1n) is 5.72. The largest absolute Gasteiger partial charge is 0.386 e. The number of hydrogen-bond acceptors (Lipinski definition) is 4. The summed E-state index contributed by atoms with van der Waals surface area (Å²) < 4.78 is 0. The summed E-state index contributed by atoms with van der Waals surface area (Å²) >= 11 is 8.08. The van der Waals surface area contributed by atoms with Crippen LogP contribution in [0.3, 0.4) is 0 Å². The van der Waals surface area contributed by atoms with Crippen LogP contribution in [0.2, 0.25) is 5.02 Å². The van der Waals surface area contributed by atoms with Gasteiger partial charge in [0, 0.05) is 29.7 Å². The van der Waals surface area contributed by atoms with Crippen molar-refractivity contribution >= 4 is 28.8 Å². The van der Waals surface area contributed by atoms with Gasteiger partial charge in [0.2, 0.25) is 0 Å². The SMILES string of the molecule is CC1(O)CN(c2nccc(-c3cccs3)c2Cl)C1. The van der Waals surface area contributed by atoms with Gasteiger partial charge in [-0.1, -0.05) is 17.7 Å². The topological polar surface area (TPSA) is 36.4 Å². The molecule has 0 spiro atoms. The Bertz CT molecular complexity index is 560. The van der Waals surface area contributed by atoms with Crippen molar-refractivity contribution in [1.29, 1.82) is 0 Å². The third kappa shape index (κ3) is 2.00. The molecule has 1 aliphatic rings. The molecule has 3 rings (SSSR count). The van der Waals surface area contributed by atoms with E-state index in [2.05, 4.69) is 4.98 Å². The molecule has 3 nitrogen and oxygen atoms in total. The van der Waals surface area contributed by atoms with Crippen molar-refractivity contribution in [1.82, 2.24) is 4.98 Å². The second-order valence-electron chi connectivity index (χ2n) is 4.83. The van der Waals surface area contributed by atoms with Crippen LogP contribution in [0.5, 0.6) is 0 Å². The summed E-state index contributed by atoms with van der Waals surface area (Å²) in [7, 11) is 0. The molecule has 94 valence electrons. The lowest BCUT2D eigenvalue weighted by Crippen LogP contribution is -2.60. The van der Waals surface area contributed by atoms with E-state index in [9.17, 15) is 5.11 Å². The van der Waals surface area contributed by atoms with E-state index < -0.39 is 5.60 Å². The summed E-state index contributed by atoms with van der Waals surface area (Å²) in [5.74, 6) is 0.758. The first-order valence-corrected chi connectivity index (χ1v) is 6.98. The van der Waals surface area contributed by atoms with Crippen molar-refractivity contribution in [3.63, 3.8) is 0 Å². The Morgan fingerprint density at radius 2 is 2.22 bits per heavy atom. The summed E-state index contributed by atoms with van der Waals surface area (Å²) in [4.78, 5) is 7.46. The molecule has 0 atom stereocenters. The lowest BCUT2D eigenvalue weighted by Gasteiger charge is -2.45. The number of nitrogens with zero attached hydrogens (tertiary/aromatic N) is 2. The monoisotopic (exact) mass is 280 g/mol. The lowest BCUT2D eigenvalue weighted by molar-refractivity contribution is 0.0305. The predicted molar refractivity (Wildman–Crippen MR) is 75.4 cm³/mol. The van der Waals surface area contributed by atoms with E-state index >= 15 is 0 Å². The quantitative estimate of drug-likeness (QED) is 0.919. The highest BCUT2D eigenvalue weighted by Crippen LogP contribution is 2.38. The Kier molecular flexibility index (Phi) is 2.81. The summed E-state index contributed by atoms with van der Waals surface area (Å²) in [5.41, 5.74) is 0.382. The molecule has 0 bridgehead atoms. The van der Waals surface area contributed by atoms with Gasteiger partial charge in [-0.25, -0.2) is 4.98 Å². The number of rotatable bonds is 2. The van der Waals surface area contributed by atoms with E-state index in [-0.39, 0.29) is 0 Å². The fourth-order valence-electron chi connectivity index (χ4n) is 2.20. The maximum absolute atomic E-state index is 9.78. The molecule has 1 saturated heterocycles. The third-order valence-electron chi connectivity index (χ3n) is 3.02. The molecular weight excluding hydrogens is 268 g/mol. The van der Waals surface area contributed by atoms with Crippen molar-refractivity contribution in [2.24, 2.45) is 0 Å². The van der Waals surface area contributed by atoms with Gasteiger partial charge in [0.05, 0.1) is 10.6 Å². The highest BCUT2D eigenvalue weighted by atomic mass is 35.5. The maximum Gasteiger partial charge on any atom is 0.148 e. The van der Waals surface area contributed by atoms with Gasteiger partial charge in [-0.3, -0.25) is 0 Å². The summed E-state index contributed by atoms with van der Waals surface area (Å²) in [6.07, 6.45) is 1.77. The molecular formula is C13H13ClN2OS. The summed E-state index contributed by atoms with van der Waals surface area (Å²) in [6, 6.07) is 5.97. The molecule has 0 saturated carbocycles. The number of halogens is 1. The van der Waals surface area contributed by atoms with Crippen LogP contribution >= 0.6 is 22.9 Å². The second-order valence-corrected chi connectivity index (χ2v) is 6.15. The molecule has 18 heavy (non-hydrogen) atoms. The molecule has 0 amide bonds. The Morgan fingerprint density at radius 1 is 1.44 bits per heavy atom. The predicted octanol–water partition coefficient (Wildman–Crippen LogP) is 3.03. The number of anilines is 1. The fourth-order valence-corrected chi connectivity index (χ4v) is 3.35. The zero-order valence-electron chi connectivity index (χ0n) is 9.93. The molecule has 1 aliphatic heterocycles. The Balaban J connectivity index is 1.96. The average molecular weight is 281 g/mol. The van der Waals surface area contributed by atoms with Crippen molar-refractivity contribution in [2.75, 3.05) is 18.0 Å². The zero-order valence-corrected chi connectivity index (χ0v) is 11.5. The van der Waals surface area contributed by atoms with Crippen LogP contribution in [0.4, 0.5) is 5.82 Å². The van der Waals surface area contributed by atoms with Crippen molar-refractivity contribution < 1.29 is 5.11 Å². The smallest absolute Gasteiger partial charge is 0.148 e. The van der Waals surface area contributed by atoms with Crippen molar-refractivity contribution in [3.8, 4) is 10.4 Å². The van der Waals surface area contributed by atoms with E-state index in [1.165, 1.54) is 0 Å². The fraction of sp³-hybridized carbons (Fsp3) is 0.308. The molecule has 3 heterocycles. The minimum absolute atomic E-state index is 0.577. The third-order valence-corrected chi connectivity index (χ3v) is 4.30. The van der Waals surface area contributed by atoms with Crippen LogP contribution in [0.1, 0.15) is 6.92 Å². The number of hydrogen-bond donors (Lipinski definition) is 1. The molecule has 2 aromatic heterocycles. The van der Waals surface area contributed by atoms with Gasteiger partial charge in [-0.15, -0.1) is 11.3 Å². The van der Waals surface area contributed by atoms with Gasteiger partial charge in [0.15, 0.2) is 0 Å². The lowest BCUT2D eigenvalue weighted by atomic mass is 9.97. The number of β-amino-alcohol motifs (C(OH)–C–C–N with tert-alkyl or cyclic N) is 1. The molecule has 0 unspecified atom stereocenters. The molecule has 0 radical (unpaired) electrons. The minimum Gasteiger partial charge on any atom is -0.386 e. The minimum atomic E-state index is -0.621. The normalized spacial score (nSPS) is 17.6. The molecule has 0 aliphatic carbocycles. The Labute approximate surface area is 115 Å². The van der Waals surface area contributed by atoms with Gasteiger partial charge >= 0.3 is 0 Å². The van der Waals surface area contributed by atoms with Gasteiger partial charge in [0.25, 0.3) is 0 Å². The zero-order chi connectivity index (χ0) is 12.8. The van der Waals surface area contributed by atoms with Gasteiger partial charge in [-0.05, 0) is 24.4 Å². The summed E-state index contributed by atoms with van der Waals surface area (Å²) in [6.45, 7) is 2.97. The van der Waals surface area contributed by atoms with Crippen LogP contribution in [0, 0.1) is 0 Å². The number of aliphatic hydroxyl groups is 1. The van der Waals surface area contributed by atoms with E-state index in [0.717, 1.165) is 16.3 Å². The van der Waals surface area contributed by atoms with E-state index in [1.807, 2.05) is 35.4 Å². The van der Waals surface area contributed by atoms with Gasteiger partial charge in [0.1, 0.15) is 5.82 Å². The van der Waals surface area contributed by atoms with Crippen LogP contribution in [-0.2, 0) is 0 Å². The molecule has 0 aromatic carbocycles. The van der Waals surface area contributed by atoms with Gasteiger partial charge < -0.3 is 10.0 Å². The van der Waals surface area contributed by atoms with Crippen molar-refractivity contribution in [3.05, 3.63) is 34.8 Å². The van der Waals surface area contributed by atoms with Crippen LogP contribution in [0.25, 0.3) is 10.4 Å². The number of pyridine rings is 1. The van der Waals surface area contributed by atoms with Crippen LogP contribution < -0.4 is 4.90 Å². The van der Waals surface area contributed by atoms with E-state index in [4.69, 9.17) is 11.6 Å². The number of aromatic nitrogens is 1. The molecule has 5 heteroatoms. The van der Waals surface area contributed by atoms with Crippen LogP contribution in [0.15, 0.2) is 29.8 Å². The number of thiophene rings is 1.